The van der Waals surface area contributed by atoms with Crippen LogP contribution in [0.5, 0.6) is 5.75 Å². The fourth-order valence-corrected chi connectivity index (χ4v) is 2.50. The second kappa shape index (κ2) is 7.52. The van der Waals surface area contributed by atoms with Crippen LogP contribution in [0, 0.1) is 17.7 Å². The lowest BCUT2D eigenvalue weighted by atomic mass is 9.95. The molecule has 2 atom stereocenters. The van der Waals surface area contributed by atoms with Gasteiger partial charge in [0, 0.05) is 19.6 Å². The Labute approximate surface area is 124 Å². The lowest BCUT2D eigenvalue weighted by Gasteiger charge is -2.29. The number of ether oxygens (including phenoxy) is 2. The molecule has 0 aliphatic heterocycles. The maximum Gasteiger partial charge on any atom is 0.138 e. The van der Waals surface area contributed by atoms with Crippen molar-refractivity contribution in [3.63, 3.8) is 0 Å². The molecule has 20 heavy (non-hydrogen) atoms. The number of hydrogen-bond donors (Lipinski definition) is 0. The van der Waals surface area contributed by atoms with Crippen molar-refractivity contribution in [3.8, 4) is 17.6 Å². The molecule has 0 radical (unpaired) electrons. The Balaban J connectivity index is 2.13. The first-order chi connectivity index (χ1) is 9.72. The molecular weight excluding hydrogens is 279 g/mol. The summed E-state index contributed by atoms with van der Waals surface area (Å²) in [5, 5.41) is 0. The molecule has 1 aromatic carbocycles. The molecule has 2 nitrogen and oxygen atoms in total. The second-order valence-corrected chi connectivity index (χ2v) is 5.11. The van der Waals surface area contributed by atoms with E-state index in [0.29, 0.717) is 11.3 Å². The van der Waals surface area contributed by atoms with E-state index in [1.54, 1.807) is 13.2 Å². The average molecular weight is 297 g/mol. The molecule has 0 spiro atoms. The molecule has 1 fully saturated rings. The van der Waals surface area contributed by atoms with E-state index in [1.165, 1.54) is 12.1 Å². The Morgan fingerprint density at radius 3 is 2.90 bits per heavy atom. The van der Waals surface area contributed by atoms with Crippen LogP contribution in [0.15, 0.2) is 18.2 Å². The summed E-state index contributed by atoms with van der Waals surface area (Å²) in [6, 6.07) is 4.39. The normalized spacial score (nSPS) is 21.9. The molecule has 1 saturated carbocycles. The van der Waals surface area contributed by atoms with Crippen molar-refractivity contribution in [2.75, 3.05) is 13.0 Å². The molecule has 1 aliphatic rings. The molecule has 0 bridgehead atoms. The topological polar surface area (TPSA) is 18.5 Å². The lowest BCUT2D eigenvalue weighted by Crippen LogP contribution is -2.29. The van der Waals surface area contributed by atoms with Crippen LogP contribution in [-0.4, -0.2) is 25.2 Å². The summed E-state index contributed by atoms with van der Waals surface area (Å²) in [4.78, 5) is 0. The Morgan fingerprint density at radius 2 is 2.15 bits per heavy atom. The molecule has 108 valence electrons. The van der Waals surface area contributed by atoms with Gasteiger partial charge in [-0.05, 0) is 31.4 Å². The van der Waals surface area contributed by atoms with E-state index in [9.17, 15) is 4.39 Å². The van der Waals surface area contributed by atoms with Gasteiger partial charge in [0.05, 0.1) is 17.5 Å². The van der Waals surface area contributed by atoms with Gasteiger partial charge in [-0.25, -0.2) is 4.39 Å². The monoisotopic (exact) mass is 296 g/mol. The van der Waals surface area contributed by atoms with Gasteiger partial charge in [-0.1, -0.05) is 11.8 Å². The zero-order valence-corrected chi connectivity index (χ0v) is 12.3. The van der Waals surface area contributed by atoms with Gasteiger partial charge in [-0.3, -0.25) is 0 Å². The molecule has 0 saturated heterocycles. The standard InChI is InChI=1S/C16H18ClFO2/c1-19-14-5-2-6-15(11-14)20-16-10-13(18)8-7-12(16)4-3-9-17/h7-8,10,14-15H,2,5-6,9,11H2,1H3. The van der Waals surface area contributed by atoms with Gasteiger partial charge in [0.1, 0.15) is 17.7 Å². The van der Waals surface area contributed by atoms with Gasteiger partial charge in [-0.15, -0.1) is 11.6 Å². The zero-order chi connectivity index (χ0) is 14.4. The van der Waals surface area contributed by atoms with Crippen LogP contribution in [-0.2, 0) is 4.74 Å². The quantitative estimate of drug-likeness (QED) is 0.625. The Bertz CT molecular complexity index is 507. The van der Waals surface area contributed by atoms with Crippen LogP contribution in [0.3, 0.4) is 0 Å². The molecule has 1 aliphatic carbocycles. The van der Waals surface area contributed by atoms with Crippen molar-refractivity contribution in [3.05, 3.63) is 29.6 Å². The van der Waals surface area contributed by atoms with Crippen molar-refractivity contribution in [1.29, 1.82) is 0 Å². The predicted octanol–water partition coefficient (Wildman–Crippen LogP) is 3.75. The van der Waals surface area contributed by atoms with E-state index < -0.39 is 0 Å². The summed E-state index contributed by atoms with van der Waals surface area (Å²) >= 11 is 5.56. The number of alkyl halides is 1. The van der Waals surface area contributed by atoms with Crippen molar-refractivity contribution in [2.24, 2.45) is 0 Å². The van der Waals surface area contributed by atoms with Gasteiger partial charge < -0.3 is 9.47 Å². The summed E-state index contributed by atoms with van der Waals surface area (Å²) in [6.07, 6.45) is 4.17. The molecule has 0 aromatic heterocycles. The second-order valence-electron chi connectivity index (χ2n) is 4.84. The van der Waals surface area contributed by atoms with Crippen molar-refractivity contribution in [2.45, 2.75) is 37.9 Å². The van der Waals surface area contributed by atoms with E-state index in [-0.39, 0.29) is 23.9 Å². The number of benzene rings is 1. The SMILES string of the molecule is COC1CCCC(Oc2cc(F)ccc2C#CCCl)C1. The van der Waals surface area contributed by atoms with E-state index in [1.807, 2.05) is 0 Å². The highest BCUT2D eigenvalue weighted by atomic mass is 35.5. The lowest BCUT2D eigenvalue weighted by molar-refractivity contribution is 0.0208. The average Bonchev–Trinajstić information content (AvgIpc) is 2.47. The molecule has 2 rings (SSSR count). The number of rotatable bonds is 3. The summed E-state index contributed by atoms with van der Waals surface area (Å²) in [5.74, 6) is 6.08. The van der Waals surface area contributed by atoms with E-state index in [0.717, 1.165) is 25.7 Å². The third-order valence-electron chi connectivity index (χ3n) is 3.44. The smallest absolute Gasteiger partial charge is 0.138 e. The third-order valence-corrected chi connectivity index (χ3v) is 3.57. The highest BCUT2D eigenvalue weighted by Gasteiger charge is 2.23. The first kappa shape index (κ1) is 15.2. The van der Waals surface area contributed by atoms with Gasteiger partial charge in [0.25, 0.3) is 0 Å². The first-order valence-electron chi connectivity index (χ1n) is 6.76. The van der Waals surface area contributed by atoms with Gasteiger partial charge in [0.2, 0.25) is 0 Å². The van der Waals surface area contributed by atoms with Crippen LogP contribution in [0.2, 0.25) is 0 Å². The number of hydrogen-bond acceptors (Lipinski definition) is 2. The minimum atomic E-state index is -0.324. The van der Waals surface area contributed by atoms with Crippen LogP contribution in [0.1, 0.15) is 31.2 Å². The summed E-state index contributed by atoms with van der Waals surface area (Å²) in [7, 11) is 1.71. The molecule has 4 heteroatoms. The van der Waals surface area contributed by atoms with Crippen molar-refractivity contribution >= 4 is 11.6 Å². The molecular formula is C16H18ClFO2. The van der Waals surface area contributed by atoms with Crippen molar-refractivity contribution < 1.29 is 13.9 Å². The van der Waals surface area contributed by atoms with Crippen LogP contribution < -0.4 is 4.74 Å². The van der Waals surface area contributed by atoms with Crippen LogP contribution >= 0.6 is 11.6 Å². The summed E-state index contributed by atoms with van der Waals surface area (Å²) in [5.41, 5.74) is 0.673. The highest BCUT2D eigenvalue weighted by molar-refractivity contribution is 6.19. The Hall–Kier alpha value is -1.24. The maximum absolute atomic E-state index is 13.4. The zero-order valence-electron chi connectivity index (χ0n) is 11.5. The fourth-order valence-electron chi connectivity index (χ4n) is 2.43. The van der Waals surface area contributed by atoms with E-state index in [2.05, 4.69) is 11.8 Å². The minimum absolute atomic E-state index is 0.0482. The van der Waals surface area contributed by atoms with Gasteiger partial charge in [0.15, 0.2) is 0 Å². The minimum Gasteiger partial charge on any atom is -0.489 e. The van der Waals surface area contributed by atoms with Gasteiger partial charge >= 0.3 is 0 Å². The highest BCUT2D eigenvalue weighted by Crippen LogP contribution is 2.27. The third kappa shape index (κ3) is 4.13. The summed E-state index contributed by atoms with van der Waals surface area (Å²) in [6.45, 7) is 0. The largest absolute Gasteiger partial charge is 0.489 e. The summed E-state index contributed by atoms with van der Waals surface area (Å²) < 4.78 is 24.7. The first-order valence-corrected chi connectivity index (χ1v) is 7.30. The Morgan fingerprint density at radius 1 is 1.35 bits per heavy atom. The fraction of sp³-hybridized carbons (Fsp3) is 0.500. The van der Waals surface area contributed by atoms with E-state index in [4.69, 9.17) is 21.1 Å². The molecule has 2 unspecified atom stereocenters. The number of methoxy groups -OCH3 is 1. The van der Waals surface area contributed by atoms with Gasteiger partial charge in [-0.2, -0.15) is 0 Å². The molecule has 0 amide bonds. The van der Waals surface area contributed by atoms with E-state index >= 15 is 0 Å². The molecule has 1 aromatic rings. The molecule has 0 heterocycles. The van der Waals surface area contributed by atoms with Crippen molar-refractivity contribution in [1.82, 2.24) is 0 Å². The maximum atomic E-state index is 13.4. The number of halogens is 2. The van der Waals surface area contributed by atoms with Crippen LogP contribution in [0.25, 0.3) is 0 Å². The predicted molar refractivity (Wildman–Crippen MR) is 77.7 cm³/mol. The molecule has 0 N–H and O–H groups in total. The van der Waals surface area contributed by atoms with Crippen LogP contribution in [0.4, 0.5) is 4.39 Å². The Kier molecular flexibility index (Phi) is 5.70.